The van der Waals surface area contributed by atoms with Gasteiger partial charge in [-0.25, -0.2) is 14.2 Å². The number of nitrogens with zero attached hydrogens (tertiary/aromatic N) is 3. The third-order valence-corrected chi connectivity index (χ3v) is 6.61. The van der Waals surface area contributed by atoms with Crippen molar-refractivity contribution in [2.75, 3.05) is 40.4 Å². The normalized spacial score (nSPS) is 16.9. The molecule has 192 valence electrons. The second kappa shape index (κ2) is 10.7. The first-order valence-electron chi connectivity index (χ1n) is 12.3. The van der Waals surface area contributed by atoms with E-state index in [0.717, 1.165) is 46.6 Å². The summed E-state index contributed by atoms with van der Waals surface area (Å²) in [6.07, 6.45) is -0.441. The van der Waals surface area contributed by atoms with E-state index in [2.05, 4.69) is 18.7 Å². The van der Waals surface area contributed by atoms with Crippen molar-refractivity contribution in [1.82, 2.24) is 14.5 Å². The van der Waals surface area contributed by atoms with Crippen molar-refractivity contribution in [3.05, 3.63) is 64.8 Å². The number of ether oxygens (including phenoxy) is 2. The Morgan fingerprint density at radius 1 is 1.03 bits per heavy atom. The number of aryl methyl sites for hydroxylation is 2. The van der Waals surface area contributed by atoms with Crippen molar-refractivity contribution in [2.24, 2.45) is 5.92 Å². The molecule has 3 aromatic rings. The number of piperazine rings is 1. The first kappa shape index (κ1) is 25.7. The van der Waals surface area contributed by atoms with Gasteiger partial charge in [0.1, 0.15) is 5.75 Å². The van der Waals surface area contributed by atoms with Gasteiger partial charge in [-0.3, -0.25) is 4.90 Å². The summed E-state index contributed by atoms with van der Waals surface area (Å²) in [7, 11) is 3.00. The maximum Gasteiger partial charge on any atom is 0.437 e. The Morgan fingerprint density at radius 3 is 2.39 bits per heavy atom. The van der Waals surface area contributed by atoms with Crippen molar-refractivity contribution >= 4 is 23.0 Å². The van der Waals surface area contributed by atoms with Gasteiger partial charge in [0.15, 0.2) is 0 Å². The van der Waals surface area contributed by atoms with Crippen LogP contribution < -0.4 is 4.74 Å². The smallest absolute Gasteiger partial charge is 0.437 e. The number of esters is 1. The minimum atomic E-state index is -0.441. The molecule has 0 bridgehead atoms. The zero-order valence-corrected chi connectivity index (χ0v) is 21.9. The molecule has 4 rings (SSSR count). The highest BCUT2D eigenvalue weighted by molar-refractivity contribution is 5.93. The lowest BCUT2D eigenvalue weighted by atomic mass is 10.0. The summed E-state index contributed by atoms with van der Waals surface area (Å²) in [5.74, 6) is 0.898. The molecule has 0 N–H and O–H groups in total. The molecule has 36 heavy (non-hydrogen) atoms. The molecule has 8 nitrogen and oxygen atoms in total. The van der Waals surface area contributed by atoms with Crippen LogP contribution in [0.4, 0.5) is 4.79 Å². The van der Waals surface area contributed by atoms with Crippen LogP contribution in [0.1, 0.15) is 47.1 Å². The number of hydroxylamine groups is 2. The lowest BCUT2D eigenvalue weighted by molar-refractivity contribution is -0.160. The molecule has 0 radical (unpaired) electrons. The van der Waals surface area contributed by atoms with E-state index in [0.29, 0.717) is 24.6 Å². The monoisotopic (exact) mass is 493 g/mol. The molecule has 0 aliphatic carbocycles. The minimum absolute atomic E-state index is 0.170. The van der Waals surface area contributed by atoms with Crippen LogP contribution in [-0.2, 0) is 9.57 Å². The first-order valence-corrected chi connectivity index (χ1v) is 12.3. The van der Waals surface area contributed by atoms with Crippen molar-refractivity contribution in [1.29, 1.82) is 0 Å². The number of fused-ring (bicyclic) bond motifs is 1. The fourth-order valence-corrected chi connectivity index (χ4v) is 4.99. The molecule has 2 aromatic carbocycles. The third kappa shape index (κ3) is 5.24. The highest BCUT2D eigenvalue weighted by Gasteiger charge is 2.32. The van der Waals surface area contributed by atoms with Crippen LogP contribution in [-0.4, -0.2) is 67.0 Å². The Balaban J connectivity index is 1.63. The minimum Gasteiger partial charge on any atom is -0.497 e. The van der Waals surface area contributed by atoms with Crippen LogP contribution in [0, 0.1) is 19.8 Å². The highest BCUT2D eigenvalue weighted by Crippen LogP contribution is 2.30. The maximum atomic E-state index is 13.5. The summed E-state index contributed by atoms with van der Waals surface area (Å²) < 4.78 is 11.9. The van der Waals surface area contributed by atoms with E-state index < -0.39 is 6.09 Å². The molecule has 1 unspecified atom stereocenters. The molecule has 8 heteroatoms. The Kier molecular flexibility index (Phi) is 7.66. The van der Waals surface area contributed by atoms with E-state index in [4.69, 9.17) is 14.3 Å². The van der Waals surface area contributed by atoms with Gasteiger partial charge in [-0.1, -0.05) is 26.0 Å². The van der Waals surface area contributed by atoms with Gasteiger partial charge >= 0.3 is 12.1 Å². The Morgan fingerprint density at radius 2 is 1.75 bits per heavy atom. The van der Waals surface area contributed by atoms with Crippen molar-refractivity contribution in [3.63, 3.8) is 0 Å². The molecular formula is C28H35N3O5. The summed E-state index contributed by atoms with van der Waals surface area (Å²) in [6, 6.07) is 13.0. The van der Waals surface area contributed by atoms with Gasteiger partial charge in [0.05, 0.1) is 31.3 Å². The van der Waals surface area contributed by atoms with E-state index in [1.807, 2.05) is 44.2 Å². The summed E-state index contributed by atoms with van der Waals surface area (Å²) in [5, 5.41) is 2.70. The van der Waals surface area contributed by atoms with Gasteiger partial charge in [-0.15, -0.1) is 5.06 Å². The van der Waals surface area contributed by atoms with E-state index in [1.54, 1.807) is 28.9 Å². The quantitative estimate of drug-likeness (QED) is 0.449. The second-order valence-corrected chi connectivity index (χ2v) is 9.78. The molecule has 1 aromatic heterocycles. The summed E-state index contributed by atoms with van der Waals surface area (Å²) in [4.78, 5) is 33.9. The predicted molar refractivity (Wildman–Crippen MR) is 138 cm³/mol. The fourth-order valence-electron chi connectivity index (χ4n) is 4.99. The second-order valence-electron chi connectivity index (χ2n) is 9.78. The summed E-state index contributed by atoms with van der Waals surface area (Å²) >= 11 is 0. The number of rotatable bonds is 6. The first-order chi connectivity index (χ1) is 17.2. The number of hydrogen-bond acceptors (Lipinski definition) is 7. The molecule has 1 aliphatic rings. The number of carbonyl (C=O) groups excluding carboxylic acids is 2. The lowest BCUT2D eigenvalue weighted by Crippen LogP contribution is -2.50. The van der Waals surface area contributed by atoms with Gasteiger partial charge in [0.25, 0.3) is 0 Å². The van der Waals surface area contributed by atoms with Gasteiger partial charge < -0.3 is 14.3 Å². The van der Waals surface area contributed by atoms with Crippen LogP contribution >= 0.6 is 0 Å². The summed E-state index contributed by atoms with van der Waals surface area (Å²) in [5.41, 5.74) is 4.00. The number of hydrogen-bond donors (Lipinski definition) is 0. The number of carbonyl (C=O) groups is 2. The standard InChI is InChI=1S/C28H35N3O5/c1-18(2)16-29-11-12-30(25(17-29)21-7-9-22(10-8-21)27(32)35-6)36-28(33)31-20(4)14-23-15-24(34-5)13-19(3)26(23)31/h7-10,13-15,18,25H,11-12,16-17H2,1-6H3. The van der Waals surface area contributed by atoms with Crippen LogP contribution in [0.2, 0.25) is 0 Å². The highest BCUT2D eigenvalue weighted by atomic mass is 16.7. The van der Waals surface area contributed by atoms with Gasteiger partial charge in [0.2, 0.25) is 0 Å². The van der Waals surface area contributed by atoms with Crippen LogP contribution in [0.5, 0.6) is 5.75 Å². The number of aromatic nitrogens is 1. The van der Waals surface area contributed by atoms with Crippen LogP contribution in [0.25, 0.3) is 10.9 Å². The Bertz CT molecular complexity index is 1250. The maximum absolute atomic E-state index is 13.5. The molecule has 0 amide bonds. The molecule has 0 spiro atoms. The van der Waals surface area contributed by atoms with Crippen LogP contribution in [0.3, 0.4) is 0 Å². The largest absolute Gasteiger partial charge is 0.497 e. The Labute approximate surface area is 212 Å². The fraction of sp³-hybridized carbons (Fsp3) is 0.429. The average Bonchev–Trinajstić information content (AvgIpc) is 3.20. The summed E-state index contributed by atoms with van der Waals surface area (Å²) in [6.45, 7) is 11.3. The molecule has 1 saturated heterocycles. The molecule has 1 fully saturated rings. The van der Waals surface area contributed by atoms with Crippen molar-refractivity contribution < 1.29 is 23.9 Å². The topological polar surface area (TPSA) is 73.2 Å². The lowest BCUT2D eigenvalue weighted by Gasteiger charge is -2.40. The van der Waals surface area contributed by atoms with Gasteiger partial charge in [-0.05, 0) is 61.2 Å². The van der Waals surface area contributed by atoms with Gasteiger partial charge in [-0.2, -0.15) is 0 Å². The zero-order valence-electron chi connectivity index (χ0n) is 21.9. The van der Waals surface area contributed by atoms with E-state index >= 15 is 0 Å². The van der Waals surface area contributed by atoms with Crippen molar-refractivity contribution in [2.45, 2.75) is 33.7 Å². The van der Waals surface area contributed by atoms with Crippen molar-refractivity contribution in [3.8, 4) is 5.75 Å². The van der Waals surface area contributed by atoms with E-state index in [-0.39, 0.29) is 12.0 Å². The SMILES string of the molecule is COC(=O)c1ccc(C2CN(CC(C)C)CCN2OC(=O)n2c(C)cc3cc(OC)cc(C)c32)cc1. The molecule has 1 aliphatic heterocycles. The Hall–Kier alpha value is -3.36. The average molecular weight is 494 g/mol. The third-order valence-electron chi connectivity index (χ3n) is 6.61. The van der Waals surface area contributed by atoms with E-state index in [9.17, 15) is 9.59 Å². The molecule has 2 heterocycles. The van der Waals surface area contributed by atoms with Crippen LogP contribution in [0.15, 0.2) is 42.5 Å². The van der Waals surface area contributed by atoms with E-state index in [1.165, 1.54) is 7.11 Å². The molecule has 1 atom stereocenters. The predicted octanol–water partition coefficient (Wildman–Crippen LogP) is 4.97. The zero-order chi connectivity index (χ0) is 26.0. The molecular weight excluding hydrogens is 458 g/mol. The number of benzene rings is 2. The van der Waals surface area contributed by atoms with Gasteiger partial charge in [0, 0.05) is 37.3 Å². The number of methoxy groups -OCH3 is 2. The molecule has 0 saturated carbocycles.